The SMILES string of the molecule is NN1C=CC(I)C=N1. The number of rotatable bonds is 0. The molecule has 0 aromatic carbocycles. The van der Waals surface area contributed by atoms with Crippen molar-refractivity contribution in [1.82, 2.24) is 5.12 Å². The van der Waals surface area contributed by atoms with Crippen LogP contribution in [-0.4, -0.2) is 15.3 Å². The Bertz CT molecular complexity index is 103. The van der Waals surface area contributed by atoms with Crippen LogP contribution in [-0.2, 0) is 0 Å². The van der Waals surface area contributed by atoms with E-state index in [0.717, 1.165) is 0 Å². The molecule has 0 saturated carbocycles. The Kier molecular flexibility index (Phi) is 1.85. The lowest BCUT2D eigenvalue weighted by atomic mass is 10.4. The summed E-state index contributed by atoms with van der Waals surface area (Å²) in [4.78, 5) is 0. The first-order valence-corrected chi connectivity index (χ1v) is 3.44. The molecule has 1 aliphatic rings. The van der Waals surface area contributed by atoms with Crippen molar-refractivity contribution in [2.45, 2.75) is 3.92 Å². The van der Waals surface area contributed by atoms with E-state index in [4.69, 9.17) is 5.84 Å². The highest BCUT2D eigenvalue weighted by Crippen LogP contribution is 2.03. The van der Waals surface area contributed by atoms with Crippen LogP contribution in [0.25, 0.3) is 0 Å². The van der Waals surface area contributed by atoms with E-state index in [-0.39, 0.29) is 0 Å². The van der Waals surface area contributed by atoms with E-state index in [0.29, 0.717) is 3.92 Å². The number of allylic oxidation sites excluding steroid dienone is 1. The van der Waals surface area contributed by atoms with Crippen molar-refractivity contribution in [3.05, 3.63) is 12.3 Å². The largest absolute Gasteiger partial charge is 0.227 e. The molecule has 8 heavy (non-hydrogen) atoms. The third-order valence-corrected chi connectivity index (χ3v) is 1.50. The predicted molar refractivity (Wildman–Crippen MR) is 41.5 cm³/mol. The lowest BCUT2D eigenvalue weighted by Gasteiger charge is -2.10. The molecule has 3 nitrogen and oxygen atoms in total. The number of hydrazine groups is 1. The second-order valence-corrected chi connectivity index (χ2v) is 2.87. The number of halogens is 1. The molecule has 44 valence electrons. The minimum atomic E-state index is 0.396. The smallest absolute Gasteiger partial charge is 0.0679 e. The van der Waals surface area contributed by atoms with Crippen molar-refractivity contribution in [1.29, 1.82) is 0 Å². The molecule has 1 aliphatic heterocycles. The molecule has 0 bridgehead atoms. The van der Waals surface area contributed by atoms with E-state index in [1.807, 2.05) is 6.08 Å². The summed E-state index contributed by atoms with van der Waals surface area (Å²) in [6.45, 7) is 0. The Labute approximate surface area is 61.3 Å². The Balaban J connectivity index is 2.54. The minimum Gasteiger partial charge on any atom is -0.227 e. The van der Waals surface area contributed by atoms with Crippen LogP contribution in [0.15, 0.2) is 17.4 Å². The average Bonchev–Trinajstić information content (AvgIpc) is 1.77. The van der Waals surface area contributed by atoms with Crippen LogP contribution in [0.1, 0.15) is 0 Å². The topological polar surface area (TPSA) is 41.6 Å². The van der Waals surface area contributed by atoms with Gasteiger partial charge in [-0.05, 0) is 6.08 Å². The van der Waals surface area contributed by atoms with Gasteiger partial charge in [0.15, 0.2) is 0 Å². The first-order valence-electron chi connectivity index (χ1n) is 2.19. The zero-order valence-electron chi connectivity index (χ0n) is 4.16. The van der Waals surface area contributed by atoms with Crippen LogP contribution in [0.5, 0.6) is 0 Å². The van der Waals surface area contributed by atoms with E-state index >= 15 is 0 Å². The summed E-state index contributed by atoms with van der Waals surface area (Å²) in [6.07, 6.45) is 5.48. The van der Waals surface area contributed by atoms with Gasteiger partial charge in [-0.2, -0.15) is 5.10 Å². The highest BCUT2D eigenvalue weighted by atomic mass is 127. The molecule has 0 saturated heterocycles. The number of nitrogens with two attached hydrogens (primary N) is 1. The summed E-state index contributed by atoms with van der Waals surface area (Å²) in [5, 5.41) is 5.09. The number of nitrogens with zero attached hydrogens (tertiary/aromatic N) is 2. The summed E-state index contributed by atoms with van der Waals surface area (Å²) in [5.41, 5.74) is 0. The van der Waals surface area contributed by atoms with Crippen LogP contribution >= 0.6 is 22.6 Å². The van der Waals surface area contributed by atoms with Crippen molar-refractivity contribution in [3.63, 3.8) is 0 Å². The van der Waals surface area contributed by atoms with Crippen LogP contribution in [0.4, 0.5) is 0 Å². The Morgan fingerprint density at radius 2 is 2.50 bits per heavy atom. The summed E-state index contributed by atoms with van der Waals surface area (Å²) in [5.74, 6) is 5.24. The zero-order valence-corrected chi connectivity index (χ0v) is 6.32. The lowest BCUT2D eigenvalue weighted by Crippen LogP contribution is -2.22. The molecule has 0 fully saturated rings. The number of hydrogen-bond donors (Lipinski definition) is 1. The molecule has 0 radical (unpaired) electrons. The second-order valence-electron chi connectivity index (χ2n) is 1.43. The summed E-state index contributed by atoms with van der Waals surface area (Å²) >= 11 is 2.25. The highest BCUT2D eigenvalue weighted by molar-refractivity contribution is 14.1. The van der Waals surface area contributed by atoms with Crippen LogP contribution in [0.2, 0.25) is 0 Å². The van der Waals surface area contributed by atoms with Crippen molar-refractivity contribution < 1.29 is 0 Å². The van der Waals surface area contributed by atoms with Gasteiger partial charge < -0.3 is 0 Å². The predicted octanol–water partition coefficient (Wildman–Crippen LogP) is 0.479. The molecular formula is C4H6IN3. The van der Waals surface area contributed by atoms with Crippen molar-refractivity contribution >= 4 is 28.8 Å². The molecular weight excluding hydrogens is 217 g/mol. The fraction of sp³-hybridized carbons (Fsp3) is 0.250. The van der Waals surface area contributed by atoms with Crippen molar-refractivity contribution in [3.8, 4) is 0 Å². The molecule has 0 aromatic heterocycles. The summed E-state index contributed by atoms with van der Waals surface area (Å²) in [7, 11) is 0. The van der Waals surface area contributed by atoms with Gasteiger partial charge in [0.1, 0.15) is 0 Å². The number of hydrogen-bond acceptors (Lipinski definition) is 3. The number of alkyl halides is 1. The van der Waals surface area contributed by atoms with Gasteiger partial charge in [-0.15, -0.1) is 0 Å². The third-order valence-electron chi connectivity index (χ3n) is 0.765. The van der Waals surface area contributed by atoms with Crippen molar-refractivity contribution in [2.24, 2.45) is 10.9 Å². The molecule has 0 amide bonds. The average molecular weight is 223 g/mol. The van der Waals surface area contributed by atoms with Gasteiger partial charge in [-0.1, -0.05) is 22.6 Å². The molecule has 1 heterocycles. The van der Waals surface area contributed by atoms with E-state index in [1.54, 1.807) is 12.4 Å². The zero-order chi connectivity index (χ0) is 5.98. The monoisotopic (exact) mass is 223 g/mol. The summed E-state index contributed by atoms with van der Waals surface area (Å²) in [6, 6.07) is 0. The van der Waals surface area contributed by atoms with Crippen LogP contribution < -0.4 is 5.84 Å². The standard InChI is InChI=1S/C4H6IN3/c5-4-1-2-8(6)7-3-4/h1-4H,6H2. The first-order chi connectivity index (χ1) is 3.79. The normalized spacial score (nSPS) is 26.8. The quantitative estimate of drug-likeness (QED) is 0.368. The Morgan fingerprint density at radius 3 is 2.88 bits per heavy atom. The maximum absolute atomic E-state index is 5.24. The van der Waals surface area contributed by atoms with E-state index in [9.17, 15) is 0 Å². The van der Waals surface area contributed by atoms with Gasteiger partial charge in [0.05, 0.1) is 3.92 Å². The second kappa shape index (κ2) is 2.45. The minimum absolute atomic E-state index is 0.396. The highest BCUT2D eigenvalue weighted by Gasteiger charge is 1.98. The van der Waals surface area contributed by atoms with E-state index in [2.05, 4.69) is 27.7 Å². The third kappa shape index (κ3) is 1.45. The summed E-state index contributed by atoms with van der Waals surface area (Å²) < 4.78 is 0.396. The Hall–Kier alpha value is -0.100. The molecule has 4 heteroatoms. The fourth-order valence-corrected chi connectivity index (χ4v) is 0.729. The van der Waals surface area contributed by atoms with Gasteiger partial charge in [0.2, 0.25) is 0 Å². The fourth-order valence-electron chi connectivity index (χ4n) is 0.399. The first kappa shape index (κ1) is 6.03. The van der Waals surface area contributed by atoms with Gasteiger partial charge in [0.25, 0.3) is 0 Å². The van der Waals surface area contributed by atoms with E-state index in [1.165, 1.54) is 5.12 Å². The Morgan fingerprint density at radius 1 is 1.75 bits per heavy atom. The van der Waals surface area contributed by atoms with Gasteiger partial charge in [-0.25, -0.2) is 11.0 Å². The molecule has 1 atom stereocenters. The number of hydrazone groups is 1. The van der Waals surface area contributed by atoms with Gasteiger partial charge in [-0.3, -0.25) is 0 Å². The molecule has 1 unspecified atom stereocenters. The van der Waals surface area contributed by atoms with Crippen LogP contribution in [0, 0.1) is 0 Å². The van der Waals surface area contributed by atoms with Crippen LogP contribution in [0.3, 0.4) is 0 Å². The van der Waals surface area contributed by atoms with Gasteiger partial charge >= 0.3 is 0 Å². The maximum Gasteiger partial charge on any atom is 0.0679 e. The maximum atomic E-state index is 5.24. The molecule has 0 aliphatic carbocycles. The van der Waals surface area contributed by atoms with Crippen molar-refractivity contribution in [2.75, 3.05) is 0 Å². The molecule has 2 N–H and O–H groups in total. The molecule has 0 aromatic rings. The lowest BCUT2D eigenvalue weighted by molar-refractivity contribution is 0.417. The molecule has 0 spiro atoms. The molecule has 1 rings (SSSR count). The van der Waals surface area contributed by atoms with Gasteiger partial charge in [0, 0.05) is 12.4 Å². The van der Waals surface area contributed by atoms with E-state index < -0.39 is 0 Å².